The van der Waals surface area contributed by atoms with Crippen LogP contribution in [0.4, 0.5) is 0 Å². The summed E-state index contributed by atoms with van der Waals surface area (Å²) < 4.78 is 0. The van der Waals surface area contributed by atoms with Gasteiger partial charge in [0.15, 0.2) is 0 Å². The van der Waals surface area contributed by atoms with Crippen LogP contribution in [0.1, 0.15) is 25.6 Å². The first-order valence-electron chi connectivity index (χ1n) is 3.37. The topological polar surface area (TPSA) is 59.1 Å². The molecule has 0 fully saturated rings. The molecule has 0 aliphatic carbocycles. The fourth-order valence-electron chi connectivity index (χ4n) is 0.738. The van der Waals surface area contributed by atoms with Crippen LogP contribution in [-0.2, 0) is 0 Å². The summed E-state index contributed by atoms with van der Waals surface area (Å²) in [5, 5.41) is 11.4. The van der Waals surface area contributed by atoms with Gasteiger partial charge >= 0.3 is 0 Å². The van der Waals surface area contributed by atoms with Gasteiger partial charge in [0.2, 0.25) is 0 Å². The second kappa shape index (κ2) is 2.89. The fraction of sp³-hybridized carbons (Fsp3) is 0.571. The Bertz CT molecular complexity index is 215. The van der Waals surface area contributed by atoms with Crippen LogP contribution in [0.3, 0.4) is 0 Å². The highest BCUT2D eigenvalue weighted by atomic mass is 32.1. The maximum absolute atomic E-state index is 9.57. The maximum atomic E-state index is 9.57. The van der Waals surface area contributed by atoms with Crippen LogP contribution >= 0.6 is 11.3 Å². The van der Waals surface area contributed by atoms with Crippen molar-refractivity contribution in [1.82, 2.24) is 4.98 Å². The molecule has 1 heterocycles. The van der Waals surface area contributed by atoms with E-state index >= 15 is 0 Å². The Morgan fingerprint density at radius 3 is 2.73 bits per heavy atom. The molecule has 0 aliphatic heterocycles. The summed E-state index contributed by atoms with van der Waals surface area (Å²) in [7, 11) is 0. The van der Waals surface area contributed by atoms with Gasteiger partial charge in [-0.2, -0.15) is 0 Å². The van der Waals surface area contributed by atoms with E-state index in [0.717, 1.165) is 0 Å². The first-order chi connectivity index (χ1) is 5.02. The fourth-order valence-corrected chi connectivity index (χ4v) is 1.31. The molecule has 0 aliphatic rings. The van der Waals surface area contributed by atoms with Gasteiger partial charge in [-0.3, -0.25) is 0 Å². The Labute approximate surface area is 69.9 Å². The quantitative estimate of drug-likeness (QED) is 0.697. The van der Waals surface area contributed by atoms with Crippen molar-refractivity contribution in [2.75, 3.05) is 0 Å². The molecule has 1 aromatic rings. The first kappa shape index (κ1) is 8.64. The van der Waals surface area contributed by atoms with Crippen LogP contribution in [0.15, 0.2) is 10.9 Å². The van der Waals surface area contributed by atoms with Gasteiger partial charge in [0.1, 0.15) is 6.10 Å². The zero-order valence-corrected chi connectivity index (χ0v) is 7.43. The van der Waals surface area contributed by atoms with Crippen LogP contribution in [0, 0.1) is 0 Å². The van der Waals surface area contributed by atoms with Crippen molar-refractivity contribution in [1.29, 1.82) is 0 Å². The normalized spacial score (nSPS) is 14.9. The molecule has 4 heteroatoms. The second-order valence-electron chi connectivity index (χ2n) is 3.14. The average Bonchev–Trinajstić information content (AvgIpc) is 2.34. The van der Waals surface area contributed by atoms with Crippen molar-refractivity contribution in [2.45, 2.75) is 25.5 Å². The third kappa shape index (κ3) is 1.99. The number of nitrogens with two attached hydrogens (primary N) is 1. The van der Waals surface area contributed by atoms with Gasteiger partial charge in [-0.05, 0) is 13.8 Å². The standard InChI is InChI=1S/C7H12N2OS/c1-7(2,8)6(10)5-3-11-4-9-5/h3-4,6,10H,8H2,1-2H3. The predicted octanol–water partition coefficient (Wildman–Crippen LogP) is 0.914. The molecule has 0 amide bonds. The van der Waals surface area contributed by atoms with Crippen LogP contribution in [0.2, 0.25) is 0 Å². The van der Waals surface area contributed by atoms with Crippen LogP contribution < -0.4 is 5.73 Å². The summed E-state index contributed by atoms with van der Waals surface area (Å²) in [5.74, 6) is 0. The van der Waals surface area contributed by atoms with E-state index in [1.54, 1.807) is 24.7 Å². The molecule has 1 atom stereocenters. The summed E-state index contributed by atoms with van der Waals surface area (Å²) in [5.41, 5.74) is 7.41. The minimum absolute atomic E-state index is 0.617. The van der Waals surface area contributed by atoms with Crippen LogP contribution in [0.25, 0.3) is 0 Å². The van der Waals surface area contributed by atoms with E-state index in [0.29, 0.717) is 5.69 Å². The van der Waals surface area contributed by atoms with E-state index in [4.69, 9.17) is 5.73 Å². The Kier molecular flexibility index (Phi) is 2.27. The minimum Gasteiger partial charge on any atom is -0.385 e. The van der Waals surface area contributed by atoms with Gasteiger partial charge in [-0.15, -0.1) is 11.3 Å². The van der Waals surface area contributed by atoms with Crippen molar-refractivity contribution in [3.63, 3.8) is 0 Å². The highest BCUT2D eigenvalue weighted by molar-refractivity contribution is 7.07. The monoisotopic (exact) mass is 172 g/mol. The smallest absolute Gasteiger partial charge is 0.114 e. The van der Waals surface area contributed by atoms with Crippen molar-refractivity contribution in [3.8, 4) is 0 Å². The van der Waals surface area contributed by atoms with Gasteiger partial charge in [-0.1, -0.05) is 0 Å². The highest BCUT2D eigenvalue weighted by Gasteiger charge is 2.25. The van der Waals surface area contributed by atoms with E-state index in [1.807, 2.05) is 0 Å². The number of aliphatic hydroxyl groups excluding tert-OH is 1. The number of aliphatic hydroxyl groups is 1. The van der Waals surface area contributed by atoms with Gasteiger partial charge in [0.25, 0.3) is 0 Å². The van der Waals surface area contributed by atoms with Gasteiger partial charge < -0.3 is 10.8 Å². The zero-order chi connectivity index (χ0) is 8.48. The lowest BCUT2D eigenvalue weighted by Crippen LogP contribution is -2.39. The Hall–Kier alpha value is -0.450. The molecule has 0 aromatic carbocycles. The Balaban J connectivity index is 2.78. The van der Waals surface area contributed by atoms with Crippen LogP contribution in [0.5, 0.6) is 0 Å². The second-order valence-corrected chi connectivity index (χ2v) is 3.86. The van der Waals surface area contributed by atoms with Crippen molar-refractivity contribution in [3.05, 3.63) is 16.6 Å². The number of nitrogens with zero attached hydrogens (tertiary/aromatic N) is 1. The Morgan fingerprint density at radius 1 is 1.73 bits per heavy atom. The molecule has 0 saturated heterocycles. The largest absolute Gasteiger partial charge is 0.385 e. The van der Waals surface area contributed by atoms with E-state index in [9.17, 15) is 5.11 Å². The van der Waals surface area contributed by atoms with Crippen LogP contribution in [-0.4, -0.2) is 15.6 Å². The molecule has 1 unspecified atom stereocenters. The molecular formula is C7H12N2OS. The summed E-state index contributed by atoms with van der Waals surface area (Å²) in [6, 6.07) is 0. The average molecular weight is 172 g/mol. The highest BCUT2D eigenvalue weighted by Crippen LogP contribution is 2.22. The summed E-state index contributed by atoms with van der Waals surface area (Å²) in [6.07, 6.45) is -0.672. The summed E-state index contributed by atoms with van der Waals surface area (Å²) in [6.45, 7) is 3.55. The predicted molar refractivity (Wildman–Crippen MR) is 45.3 cm³/mol. The molecule has 11 heavy (non-hydrogen) atoms. The van der Waals surface area contributed by atoms with E-state index in [1.165, 1.54) is 11.3 Å². The van der Waals surface area contributed by atoms with E-state index < -0.39 is 11.6 Å². The molecule has 0 bridgehead atoms. The maximum Gasteiger partial charge on any atom is 0.114 e. The first-order valence-corrected chi connectivity index (χ1v) is 4.31. The number of rotatable bonds is 2. The number of hydrogen-bond acceptors (Lipinski definition) is 4. The molecule has 0 saturated carbocycles. The minimum atomic E-state index is -0.672. The Morgan fingerprint density at radius 2 is 2.36 bits per heavy atom. The van der Waals surface area contributed by atoms with Gasteiger partial charge in [-0.25, -0.2) is 4.98 Å². The lowest BCUT2D eigenvalue weighted by molar-refractivity contribution is 0.101. The molecule has 62 valence electrons. The summed E-state index contributed by atoms with van der Waals surface area (Å²) >= 11 is 1.46. The van der Waals surface area contributed by atoms with Crippen molar-refractivity contribution < 1.29 is 5.11 Å². The number of aromatic nitrogens is 1. The third-order valence-corrected chi connectivity index (χ3v) is 2.04. The molecule has 3 N–H and O–H groups in total. The van der Waals surface area contributed by atoms with Gasteiger partial charge in [0.05, 0.1) is 11.2 Å². The van der Waals surface area contributed by atoms with Gasteiger partial charge in [0, 0.05) is 10.9 Å². The van der Waals surface area contributed by atoms with Crippen molar-refractivity contribution in [2.24, 2.45) is 5.73 Å². The SMILES string of the molecule is CC(C)(N)C(O)c1cscn1. The lowest BCUT2D eigenvalue weighted by Gasteiger charge is -2.23. The molecule has 0 radical (unpaired) electrons. The zero-order valence-electron chi connectivity index (χ0n) is 6.61. The van der Waals surface area contributed by atoms with E-state index in [2.05, 4.69) is 4.98 Å². The molecule has 1 rings (SSSR count). The number of hydrogen-bond donors (Lipinski definition) is 2. The molecule has 0 spiro atoms. The molecule has 1 aromatic heterocycles. The molecular weight excluding hydrogens is 160 g/mol. The van der Waals surface area contributed by atoms with Crippen molar-refractivity contribution >= 4 is 11.3 Å². The van der Waals surface area contributed by atoms with E-state index in [-0.39, 0.29) is 0 Å². The lowest BCUT2D eigenvalue weighted by atomic mass is 9.97. The number of thiazole rings is 1. The molecule has 3 nitrogen and oxygen atoms in total. The third-order valence-electron chi connectivity index (χ3n) is 1.44. The summed E-state index contributed by atoms with van der Waals surface area (Å²) in [4.78, 5) is 3.97.